The Bertz CT molecular complexity index is 7060. The Labute approximate surface area is 693 Å². The van der Waals surface area contributed by atoms with Gasteiger partial charge in [-0.2, -0.15) is 0 Å². The van der Waals surface area contributed by atoms with Gasteiger partial charge in [0.2, 0.25) is 6.71 Å². The van der Waals surface area contributed by atoms with Crippen molar-refractivity contribution in [3.8, 4) is 78.1 Å². The number of fused-ring (bicyclic) bond motifs is 13. The molecule has 118 heavy (non-hydrogen) atoms. The molecule has 0 N–H and O–H groups in total. The summed E-state index contributed by atoms with van der Waals surface area (Å²) >= 11 is 0. The van der Waals surface area contributed by atoms with E-state index in [1.165, 1.54) is 116 Å². The Hall–Kier alpha value is -13.2. The second-order valence-electron chi connectivity index (χ2n) is 37.2. The van der Waals surface area contributed by atoms with Crippen LogP contribution in [0.1, 0.15) is 128 Å². The molecule has 2 aliphatic rings. The van der Waals surface area contributed by atoms with Crippen LogP contribution < -0.4 is 21.3 Å². The van der Waals surface area contributed by atoms with Gasteiger partial charge in [0.15, 0.2) is 0 Å². The number of anilines is 3. The summed E-state index contributed by atoms with van der Waals surface area (Å²) in [7, 11) is 0. The topological polar surface area (TPSA) is 26.2 Å². The fourth-order valence-corrected chi connectivity index (χ4v) is 19.5. The zero-order valence-corrected chi connectivity index (χ0v) is 69.3. The highest BCUT2D eigenvalue weighted by Gasteiger charge is 2.47. The maximum atomic E-state index is 6.61. The molecule has 5 heterocycles. The van der Waals surface area contributed by atoms with E-state index in [0.29, 0.717) is 0 Å². The highest BCUT2D eigenvalue weighted by atomic mass is 16.3. The van der Waals surface area contributed by atoms with Crippen molar-refractivity contribution in [2.75, 3.05) is 4.90 Å². The van der Waals surface area contributed by atoms with E-state index in [1.807, 2.05) is 0 Å². The quantitative estimate of drug-likeness (QED) is 0.128. The molecule has 0 saturated heterocycles. The third-order valence-electron chi connectivity index (χ3n) is 25.7. The average Bonchev–Trinajstić information content (AvgIpc) is 1.22. The van der Waals surface area contributed by atoms with Crippen LogP contribution in [0.4, 0.5) is 17.1 Å². The molecule has 0 spiro atoms. The minimum atomic E-state index is -0.374. The molecule has 0 saturated carbocycles. The lowest BCUT2D eigenvalue weighted by molar-refractivity contribution is 0.590. The molecule has 19 aromatic rings. The maximum absolute atomic E-state index is 6.61. The first kappa shape index (κ1) is 72.5. The second-order valence-corrected chi connectivity index (χ2v) is 37.2. The summed E-state index contributed by atoms with van der Waals surface area (Å²) in [4.78, 5) is 2.76. The van der Waals surface area contributed by atoms with Crippen molar-refractivity contribution in [1.29, 1.82) is 0 Å². The normalized spacial score (nSPS) is 13.6. The van der Waals surface area contributed by atoms with Crippen molar-refractivity contribution in [3.63, 3.8) is 0 Å². The second kappa shape index (κ2) is 27.2. The fraction of sp³-hybridized carbons (Fsp3) is 0.150. The molecule has 4 nitrogen and oxygen atoms in total. The van der Waals surface area contributed by atoms with Crippen LogP contribution in [-0.4, -0.2) is 15.8 Å². The third-order valence-corrected chi connectivity index (χ3v) is 25.7. The number of hydrogen-bond acceptors (Lipinski definition) is 2. The van der Waals surface area contributed by atoms with Gasteiger partial charge >= 0.3 is 0 Å². The van der Waals surface area contributed by atoms with Crippen LogP contribution >= 0.6 is 0 Å². The molecule has 5 heteroatoms. The van der Waals surface area contributed by atoms with Crippen molar-refractivity contribution in [1.82, 2.24) is 9.13 Å². The predicted molar refractivity (Wildman–Crippen MR) is 503 cm³/mol. The van der Waals surface area contributed by atoms with Gasteiger partial charge in [0.05, 0.1) is 27.8 Å². The van der Waals surface area contributed by atoms with Crippen molar-refractivity contribution >= 4 is 106 Å². The van der Waals surface area contributed by atoms with Gasteiger partial charge in [-0.1, -0.05) is 325 Å². The van der Waals surface area contributed by atoms with Crippen molar-refractivity contribution in [2.24, 2.45) is 0 Å². The first-order valence-electron chi connectivity index (χ1n) is 42.0. The maximum Gasteiger partial charge on any atom is 0.247 e. The van der Waals surface area contributed by atoms with E-state index in [1.54, 1.807) is 0 Å². The lowest BCUT2D eigenvalue weighted by Gasteiger charge is -2.45. The van der Waals surface area contributed by atoms with Crippen LogP contribution in [0.2, 0.25) is 0 Å². The summed E-state index contributed by atoms with van der Waals surface area (Å²) in [5, 5.41) is 7.13. The summed E-state index contributed by atoms with van der Waals surface area (Å²) in [6.45, 7) is 28.0. The molecule has 1 atom stereocenters. The molecule has 0 radical (unpaired) electrons. The zero-order chi connectivity index (χ0) is 80.4. The average molecular weight is 1520 g/mol. The van der Waals surface area contributed by atoms with Crippen LogP contribution in [0.5, 0.6) is 0 Å². The van der Waals surface area contributed by atoms with Crippen LogP contribution in [0.25, 0.3) is 144 Å². The molecule has 16 aromatic carbocycles. The van der Waals surface area contributed by atoms with Crippen LogP contribution in [0, 0.1) is 0 Å². The minimum absolute atomic E-state index is 0.0757. The molecule has 0 bridgehead atoms. The molecule has 2 aliphatic heterocycles. The van der Waals surface area contributed by atoms with Crippen molar-refractivity contribution in [2.45, 2.75) is 111 Å². The predicted octanol–water partition coefficient (Wildman–Crippen LogP) is 28.8. The first-order valence-corrected chi connectivity index (χ1v) is 42.0. The lowest BCUT2D eigenvalue weighted by Crippen LogP contribution is -2.62. The monoisotopic (exact) mass is 1520 g/mol. The van der Waals surface area contributed by atoms with Crippen LogP contribution in [0.3, 0.4) is 0 Å². The number of para-hydroxylation sites is 3. The summed E-state index contributed by atoms with van der Waals surface area (Å²) < 4.78 is 11.7. The molecule has 570 valence electrons. The molecule has 1 unspecified atom stereocenters. The van der Waals surface area contributed by atoms with E-state index in [0.717, 1.165) is 100 Å². The number of rotatable bonds is 10. The van der Waals surface area contributed by atoms with E-state index >= 15 is 0 Å². The van der Waals surface area contributed by atoms with Gasteiger partial charge in [-0.15, -0.1) is 0 Å². The van der Waals surface area contributed by atoms with Gasteiger partial charge in [0.25, 0.3) is 0 Å². The molecule has 0 fully saturated rings. The number of benzene rings is 16. The smallest absolute Gasteiger partial charge is 0.247 e. The van der Waals surface area contributed by atoms with Crippen molar-refractivity contribution in [3.05, 3.63) is 385 Å². The van der Waals surface area contributed by atoms with E-state index in [4.69, 9.17) is 4.42 Å². The standard InChI is InChI=1S/C113H94BN3O/c1-110(2,3)78-49-55-100-91(63-78)92-64-79(111(4,5)6)50-56-101(92)116(100)83-51-53-96-94(69-83)107(106-86(70-32-18-13-19-33-70)65-80(112(7,8)9)66-87(106)71-34-20-14-21-35-71)95-60-77(75-47-54-99-90(58-75)84-42-28-30-44-98(84)115(99)82-40-26-17-27-41-82)62-103-108(95)114(96)97-52-46-76(74-48-57-105-93(59-74)85-43-29-31-45-104(85)118-105)61-102(97)117(103)109-88(72-36-22-15-23-37-72)67-81(113(10,11)12)68-89(109)73-38-24-16-25-39-73/h13-69,107H,1-12H3. The summed E-state index contributed by atoms with van der Waals surface area (Å²) in [6, 6.07) is 133. The fourth-order valence-electron chi connectivity index (χ4n) is 19.5. The lowest BCUT2D eigenvalue weighted by atomic mass is 9.31. The Morgan fingerprint density at radius 2 is 0.678 bits per heavy atom. The zero-order valence-electron chi connectivity index (χ0n) is 69.3. The first-order chi connectivity index (χ1) is 57.1. The van der Waals surface area contributed by atoms with E-state index in [-0.39, 0.29) is 34.3 Å². The van der Waals surface area contributed by atoms with Gasteiger partial charge in [0, 0.05) is 72.1 Å². The van der Waals surface area contributed by atoms with Crippen LogP contribution in [-0.2, 0) is 21.7 Å². The SMILES string of the molecule is CC(C)(C)c1cc(-c2ccccc2)c(C2c3cc(-n4c5ccc(C(C)(C)C)cc5c5cc(C(C)(C)C)ccc54)ccc3B3c4ccc(-c5ccc6oc7ccccc7c6c5)cc4N(c4c(-c5ccccc5)cc(C(C)(C)C)cc4-c4ccccc4)c4cc(-c5ccc6c(c5)c5ccccc5n6-c5ccccc5)cc2c43)c(-c2ccccc2)c1. The number of aromatic nitrogens is 2. The van der Waals surface area contributed by atoms with Gasteiger partial charge in [-0.05, 0) is 236 Å². The van der Waals surface area contributed by atoms with Gasteiger partial charge < -0.3 is 18.5 Å². The minimum Gasteiger partial charge on any atom is -0.456 e. The number of hydrogen-bond donors (Lipinski definition) is 0. The number of furan rings is 1. The summed E-state index contributed by atoms with van der Waals surface area (Å²) in [6.07, 6.45) is 0. The summed E-state index contributed by atoms with van der Waals surface area (Å²) in [5.41, 5.74) is 38.2. The molecular weight excluding hydrogens is 1430 g/mol. The number of nitrogens with zero attached hydrogens (tertiary/aromatic N) is 3. The molecule has 0 amide bonds. The van der Waals surface area contributed by atoms with E-state index in [9.17, 15) is 0 Å². The van der Waals surface area contributed by atoms with E-state index in [2.05, 4.69) is 443 Å². The Balaban J connectivity index is 0.954. The van der Waals surface area contributed by atoms with Gasteiger partial charge in [0.1, 0.15) is 11.2 Å². The molecule has 3 aromatic heterocycles. The molecule has 0 aliphatic carbocycles. The Kier molecular flexibility index (Phi) is 16.7. The van der Waals surface area contributed by atoms with Crippen LogP contribution in [0.15, 0.2) is 350 Å². The largest absolute Gasteiger partial charge is 0.456 e. The molecular formula is C113H94BN3O. The highest BCUT2D eigenvalue weighted by molar-refractivity contribution is 6.99. The van der Waals surface area contributed by atoms with Gasteiger partial charge in [-0.25, -0.2) is 0 Å². The van der Waals surface area contributed by atoms with Gasteiger partial charge in [-0.3, -0.25) is 0 Å². The Morgan fingerprint density at radius 3 is 1.25 bits per heavy atom. The van der Waals surface area contributed by atoms with Crippen molar-refractivity contribution < 1.29 is 4.42 Å². The highest BCUT2D eigenvalue weighted by Crippen LogP contribution is 2.55. The molecule has 21 rings (SSSR count). The van der Waals surface area contributed by atoms with E-state index < -0.39 is 0 Å². The Morgan fingerprint density at radius 1 is 0.263 bits per heavy atom. The summed E-state index contributed by atoms with van der Waals surface area (Å²) in [5.74, 6) is -0.374. The third kappa shape index (κ3) is 11.9.